The van der Waals surface area contributed by atoms with E-state index in [4.69, 9.17) is 9.84 Å². The van der Waals surface area contributed by atoms with E-state index in [1.165, 1.54) is 0 Å². The van der Waals surface area contributed by atoms with Gasteiger partial charge in [0.2, 0.25) is 0 Å². The molecule has 1 saturated heterocycles. The van der Waals surface area contributed by atoms with Gasteiger partial charge in [-0.05, 0) is 44.6 Å². The van der Waals surface area contributed by atoms with Crippen LogP contribution in [0.2, 0.25) is 0 Å². The Labute approximate surface area is 103 Å². The molecule has 0 spiro atoms. The lowest BCUT2D eigenvalue weighted by Crippen LogP contribution is -2.38. The lowest BCUT2D eigenvalue weighted by atomic mass is 9.94. The first-order valence-electron chi connectivity index (χ1n) is 6.72. The van der Waals surface area contributed by atoms with E-state index in [0.29, 0.717) is 17.9 Å². The first kappa shape index (κ1) is 12.8. The summed E-state index contributed by atoms with van der Waals surface area (Å²) >= 11 is 0. The smallest absolute Gasteiger partial charge is 0.306 e. The molecule has 4 unspecified atom stereocenters. The number of hydrogen-bond donors (Lipinski definition) is 2. The van der Waals surface area contributed by atoms with Crippen LogP contribution in [-0.2, 0) is 9.53 Å². The van der Waals surface area contributed by atoms with Crippen LogP contribution in [0.4, 0.5) is 0 Å². The van der Waals surface area contributed by atoms with Crippen LogP contribution in [0, 0.1) is 17.8 Å². The van der Waals surface area contributed by atoms with E-state index in [1.54, 1.807) is 0 Å². The molecule has 0 radical (unpaired) electrons. The van der Waals surface area contributed by atoms with Crippen molar-refractivity contribution in [3.05, 3.63) is 0 Å². The van der Waals surface area contributed by atoms with Crippen molar-refractivity contribution in [3.63, 3.8) is 0 Å². The molecule has 1 saturated carbocycles. The molecular weight excluding hydrogens is 218 g/mol. The highest BCUT2D eigenvalue weighted by Gasteiger charge is 2.33. The molecule has 0 bridgehead atoms. The molecule has 4 atom stereocenters. The predicted molar refractivity (Wildman–Crippen MR) is 64.9 cm³/mol. The Kier molecular flexibility index (Phi) is 4.40. The van der Waals surface area contributed by atoms with Gasteiger partial charge in [0.05, 0.1) is 12.5 Å². The first-order valence-corrected chi connectivity index (χ1v) is 6.72. The second-order valence-electron chi connectivity index (χ2n) is 5.46. The molecule has 2 aliphatic rings. The van der Waals surface area contributed by atoms with E-state index in [2.05, 4.69) is 12.2 Å². The van der Waals surface area contributed by atoms with Gasteiger partial charge in [0, 0.05) is 12.6 Å². The van der Waals surface area contributed by atoms with Crippen molar-refractivity contribution in [2.45, 2.75) is 38.6 Å². The third kappa shape index (κ3) is 3.19. The van der Waals surface area contributed by atoms with Crippen molar-refractivity contribution >= 4 is 5.97 Å². The zero-order valence-electron chi connectivity index (χ0n) is 10.5. The van der Waals surface area contributed by atoms with Crippen LogP contribution in [0.3, 0.4) is 0 Å². The van der Waals surface area contributed by atoms with Gasteiger partial charge < -0.3 is 15.2 Å². The lowest BCUT2D eigenvalue weighted by Gasteiger charge is -2.23. The van der Waals surface area contributed by atoms with Gasteiger partial charge in [-0.3, -0.25) is 4.79 Å². The molecule has 0 aromatic heterocycles. The van der Waals surface area contributed by atoms with E-state index in [-0.39, 0.29) is 5.92 Å². The Hall–Kier alpha value is -0.610. The highest BCUT2D eigenvalue weighted by molar-refractivity contribution is 5.70. The summed E-state index contributed by atoms with van der Waals surface area (Å²) in [5.41, 5.74) is 0. The van der Waals surface area contributed by atoms with Crippen molar-refractivity contribution in [2.24, 2.45) is 17.8 Å². The Morgan fingerprint density at radius 2 is 2.29 bits per heavy atom. The molecule has 2 rings (SSSR count). The number of carbonyl (C=O) groups is 1. The fraction of sp³-hybridized carbons (Fsp3) is 0.923. The van der Waals surface area contributed by atoms with Gasteiger partial charge >= 0.3 is 5.97 Å². The van der Waals surface area contributed by atoms with Gasteiger partial charge in [-0.2, -0.15) is 0 Å². The second-order valence-corrected chi connectivity index (χ2v) is 5.46. The van der Waals surface area contributed by atoms with Crippen molar-refractivity contribution < 1.29 is 14.6 Å². The highest BCUT2D eigenvalue weighted by Crippen LogP contribution is 2.31. The number of aliphatic carboxylic acids is 1. The van der Waals surface area contributed by atoms with Crippen LogP contribution >= 0.6 is 0 Å². The number of ether oxygens (including phenoxy) is 1. The Morgan fingerprint density at radius 3 is 2.94 bits per heavy atom. The van der Waals surface area contributed by atoms with E-state index in [9.17, 15) is 4.79 Å². The fourth-order valence-corrected chi connectivity index (χ4v) is 3.06. The predicted octanol–water partition coefficient (Wildman–Crippen LogP) is 1.50. The molecule has 0 aromatic rings. The molecule has 17 heavy (non-hydrogen) atoms. The molecule has 2 N–H and O–H groups in total. The molecular formula is C13H23NO3. The molecule has 1 heterocycles. The summed E-state index contributed by atoms with van der Waals surface area (Å²) in [6.45, 7) is 4.75. The van der Waals surface area contributed by atoms with Crippen molar-refractivity contribution in [2.75, 3.05) is 19.8 Å². The van der Waals surface area contributed by atoms with Crippen LogP contribution in [0.25, 0.3) is 0 Å². The molecule has 1 aliphatic heterocycles. The molecule has 98 valence electrons. The van der Waals surface area contributed by atoms with Gasteiger partial charge in [0.15, 0.2) is 0 Å². The maximum atomic E-state index is 11.1. The minimum Gasteiger partial charge on any atom is -0.481 e. The summed E-state index contributed by atoms with van der Waals surface area (Å²) in [5, 5.41) is 12.6. The lowest BCUT2D eigenvalue weighted by molar-refractivity contribution is -0.142. The maximum absolute atomic E-state index is 11.1. The Bertz CT molecular complexity index is 263. The molecule has 2 fully saturated rings. The van der Waals surface area contributed by atoms with Crippen molar-refractivity contribution in [3.8, 4) is 0 Å². The fourth-order valence-electron chi connectivity index (χ4n) is 3.06. The number of nitrogens with one attached hydrogen (secondary N) is 1. The van der Waals surface area contributed by atoms with E-state index in [1.807, 2.05) is 0 Å². The maximum Gasteiger partial charge on any atom is 0.306 e. The summed E-state index contributed by atoms with van der Waals surface area (Å²) in [5.74, 6) is 0.164. The number of rotatable bonds is 5. The zero-order chi connectivity index (χ0) is 12.3. The van der Waals surface area contributed by atoms with Gasteiger partial charge in [0.25, 0.3) is 0 Å². The molecule has 4 heteroatoms. The van der Waals surface area contributed by atoms with Crippen LogP contribution in [0.15, 0.2) is 0 Å². The second kappa shape index (κ2) is 5.83. The SMILES string of the molecule is CC(NCC1CCCC1C(=O)O)C1CCOC1. The van der Waals surface area contributed by atoms with Gasteiger partial charge in [-0.15, -0.1) is 0 Å². The van der Waals surface area contributed by atoms with Crippen LogP contribution < -0.4 is 5.32 Å². The summed E-state index contributed by atoms with van der Waals surface area (Å²) < 4.78 is 5.38. The van der Waals surface area contributed by atoms with Crippen LogP contribution in [-0.4, -0.2) is 36.9 Å². The van der Waals surface area contributed by atoms with Crippen molar-refractivity contribution in [1.29, 1.82) is 0 Å². The van der Waals surface area contributed by atoms with E-state index in [0.717, 1.165) is 45.4 Å². The Balaban J connectivity index is 1.75. The average molecular weight is 241 g/mol. The normalized spacial score (nSPS) is 35.0. The van der Waals surface area contributed by atoms with E-state index < -0.39 is 5.97 Å². The highest BCUT2D eigenvalue weighted by atomic mass is 16.5. The Morgan fingerprint density at radius 1 is 1.47 bits per heavy atom. The van der Waals surface area contributed by atoms with E-state index >= 15 is 0 Å². The largest absolute Gasteiger partial charge is 0.481 e. The monoisotopic (exact) mass is 241 g/mol. The molecule has 0 amide bonds. The first-order chi connectivity index (χ1) is 8.18. The van der Waals surface area contributed by atoms with Gasteiger partial charge in [0.1, 0.15) is 0 Å². The number of carboxylic acid groups (broad SMARTS) is 1. The van der Waals surface area contributed by atoms with Crippen LogP contribution in [0.5, 0.6) is 0 Å². The number of hydrogen-bond acceptors (Lipinski definition) is 3. The summed E-state index contributed by atoms with van der Waals surface area (Å²) in [6, 6.07) is 0.438. The van der Waals surface area contributed by atoms with Crippen molar-refractivity contribution in [1.82, 2.24) is 5.32 Å². The third-order valence-corrected chi connectivity index (χ3v) is 4.35. The summed E-state index contributed by atoms with van der Waals surface area (Å²) in [7, 11) is 0. The van der Waals surface area contributed by atoms with Crippen LogP contribution in [0.1, 0.15) is 32.6 Å². The minimum absolute atomic E-state index is 0.130. The van der Waals surface area contributed by atoms with Gasteiger partial charge in [-0.1, -0.05) is 6.42 Å². The third-order valence-electron chi connectivity index (χ3n) is 4.35. The van der Waals surface area contributed by atoms with Gasteiger partial charge in [-0.25, -0.2) is 0 Å². The summed E-state index contributed by atoms with van der Waals surface area (Å²) in [6.07, 6.45) is 4.09. The quantitative estimate of drug-likeness (QED) is 0.766. The average Bonchev–Trinajstić information content (AvgIpc) is 2.96. The topological polar surface area (TPSA) is 58.6 Å². The standard InChI is InChI=1S/C13H23NO3/c1-9(11-5-6-17-8-11)14-7-10-3-2-4-12(10)13(15)16/h9-12,14H,2-8H2,1H3,(H,15,16). The molecule has 4 nitrogen and oxygen atoms in total. The molecule has 1 aliphatic carbocycles. The zero-order valence-corrected chi connectivity index (χ0v) is 10.5. The summed E-state index contributed by atoms with van der Waals surface area (Å²) in [4.78, 5) is 11.1. The minimum atomic E-state index is -0.619. The number of carboxylic acids is 1. The molecule has 0 aromatic carbocycles.